The molecule has 0 bridgehead atoms. The Balaban J connectivity index is 0.000000135. The molecule has 3 fully saturated rings. The fourth-order valence-electron chi connectivity index (χ4n) is 16.5. The van der Waals surface area contributed by atoms with Crippen LogP contribution in [0.3, 0.4) is 0 Å². The number of fused-ring (bicyclic) bond motifs is 9. The largest absolute Gasteiger partial charge is 0.476 e. The standard InChI is InChI=1S/2C26H18ClN3O4.C25H18BrClN2O4/c2*1-33-24(31)21-19(13-29)25(32)23-20(11-18(27)14-30-23)34-26(25,17-9-7-15(12-28)8-10-17)22(21)16-5-3-2-4-6-16;1-32-23(30)20-18(12-28)24(31)22-19(11-17(27)13-29-22)33-25(24,15-7-9-16(26)10-8-15)21(20)14-5-3-2-4-6-14/h2*2-11,14,19,21-22,32H,1H3;2-11,13,18,20-21,31H,1H3/t2*19-,21-,22+,25+,26-;18-,20-,21+,24+,25-/m000/s1. The van der Waals surface area contributed by atoms with E-state index in [0.29, 0.717) is 54.0 Å². The van der Waals surface area contributed by atoms with Gasteiger partial charge in [-0.1, -0.05) is 178 Å². The second-order valence-electron chi connectivity index (χ2n) is 24.8. The van der Waals surface area contributed by atoms with Crippen LogP contribution in [-0.4, -0.2) is 69.5 Å². The maximum absolute atomic E-state index is 13.2. The Morgan fingerprint density at radius 2 is 0.683 bits per heavy atom. The van der Waals surface area contributed by atoms with Gasteiger partial charge < -0.3 is 43.7 Å². The minimum absolute atomic E-state index is 0.125. The summed E-state index contributed by atoms with van der Waals surface area (Å²) < 4.78 is 35.9. The zero-order valence-corrected chi connectivity index (χ0v) is 57.2. The molecular weight excluding hydrogens is 1420 g/mol. The van der Waals surface area contributed by atoms with E-state index in [2.05, 4.69) is 61.2 Å². The molecule has 3 aromatic heterocycles. The third-order valence-corrected chi connectivity index (χ3v) is 21.5. The van der Waals surface area contributed by atoms with Crippen LogP contribution < -0.4 is 14.2 Å². The molecule has 6 aromatic carbocycles. The van der Waals surface area contributed by atoms with Crippen molar-refractivity contribution >= 4 is 68.6 Å². The summed E-state index contributed by atoms with van der Waals surface area (Å²) in [6.45, 7) is 0. The van der Waals surface area contributed by atoms with Gasteiger partial charge in [-0.2, -0.15) is 26.3 Å². The lowest BCUT2D eigenvalue weighted by molar-refractivity contribution is -0.148. The smallest absolute Gasteiger partial charge is 0.310 e. The van der Waals surface area contributed by atoms with Gasteiger partial charge in [0.05, 0.1) is 113 Å². The molecule has 6 aliphatic rings. The monoisotopic (exact) mass is 1470 g/mol. The molecule has 24 heteroatoms. The van der Waals surface area contributed by atoms with E-state index in [9.17, 15) is 56.0 Å². The Hall–Kier alpha value is -10.7. The predicted molar refractivity (Wildman–Crippen MR) is 364 cm³/mol. The minimum Gasteiger partial charge on any atom is -0.476 e. The molecule has 0 saturated heterocycles. The summed E-state index contributed by atoms with van der Waals surface area (Å²) in [7, 11) is 3.77. The molecule has 20 nitrogen and oxygen atoms in total. The molecule has 3 aliphatic carbocycles. The Morgan fingerprint density at radius 3 is 0.921 bits per heavy atom. The van der Waals surface area contributed by atoms with Crippen molar-refractivity contribution in [1.82, 2.24) is 15.0 Å². The highest BCUT2D eigenvalue weighted by Gasteiger charge is 2.82. The van der Waals surface area contributed by atoms with Crippen LogP contribution in [0.15, 0.2) is 205 Å². The van der Waals surface area contributed by atoms with E-state index in [0.717, 1.165) is 10.0 Å². The quantitative estimate of drug-likeness (QED) is 0.0893. The molecule has 3 aliphatic heterocycles. The summed E-state index contributed by atoms with van der Waals surface area (Å²) in [6.07, 6.45) is 4.14. The third-order valence-electron chi connectivity index (χ3n) is 20.3. The molecule has 502 valence electrons. The number of methoxy groups -OCH3 is 3. The van der Waals surface area contributed by atoms with Crippen LogP contribution in [0.4, 0.5) is 0 Å². The maximum atomic E-state index is 13.2. The summed E-state index contributed by atoms with van der Waals surface area (Å²) >= 11 is 22.0. The number of halogens is 4. The molecule has 3 saturated carbocycles. The molecule has 0 amide bonds. The maximum Gasteiger partial charge on any atom is 0.310 e. The van der Waals surface area contributed by atoms with Crippen molar-refractivity contribution in [2.24, 2.45) is 35.5 Å². The number of ether oxygens (including phenoxy) is 6. The van der Waals surface area contributed by atoms with Gasteiger partial charge in [-0.25, -0.2) is 0 Å². The van der Waals surface area contributed by atoms with Crippen molar-refractivity contribution in [2.75, 3.05) is 21.3 Å². The Bertz CT molecular complexity index is 4790. The SMILES string of the molecule is COC(=O)[C@@H]1[C@@H](c2ccccc2)[C@]2(c3ccc(Br)cc3)Oc3cc(Cl)cnc3[C@]2(O)[C@H]1C#N.COC(=O)[C@@H]1[C@@H](c2ccccc2)[C@]2(c3ccc(C#N)cc3)Oc3cc(Cl)cnc3[C@]2(O)[C@H]1C#N.COC(=O)[C@@H]1[C@@H](c2ccccc2)[C@]2(c3ccc(C#N)cc3)Oc3cc(Cl)cnc3[C@]2(O)[C@H]1C#N. The van der Waals surface area contributed by atoms with Crippen molar-refractivity contribution < 1.29 is 58.1 Å². The zero-order valence-electron chi connectivity index (χ0n) is 53.4. The number of hydrogen-bond acceptors (Lipinski definition) is 20. The van der Waals surface area contributed by atoms with E-state index in [1.165, 1.54) is 52.1 Å². The first-order valence-corrected chi connectivity index (χ1v) is 33.2. The fraction of sp³-hybridized carbons (Fsp3) is 0.234. The molecule has 0 spiro atoms. The minimum atomic E-state index is -2.02. The number of hydrogen-bond donors (Lipinski definition) is 3. The topological polar surface area (TPSA) is 325 Å². The first-order valence-electron chi connectivity index (χ1n) is 31.3. The van der Waals surface area contributed by atoms with Gasteiger partial charge in [0.2, 0.25) is 0 Å². The van der Waals surface area contributed by atoms with Crippen molar-refractivity contribution in [3.8, 4) is 47.6 Å². The molecular formula is C77H54BrCl3N8O12. The van der Waals surface area contributed by atoms with E-state index in [1.807, 2.05) is 115 Å². The van der Waals surface area contributed by atoms with Crippen LogP contribution in [-0.2, 0) is 62.2 Å². The molecule has 15 rings (SSSR count). The molecule has 9 aromatic rings. The van der Waals surface area contributed by atoms with Gasteiger partial charge in [0, 0.05) is 59.0 Å². The number of nitriles is 5. The van der Waals surface area contributed by atoms with Crippen LogP contribution in [0.25, 0.3) is 0 Å². The van der Waals surface area contributed by atoms with Crippen LogP contribution in [0.5, 0.6) is 17.2 Å². The molecule has 0 unspecified atom stereocenters. The van der Waals surface area contributed by atoms with Gasteiger partial charge in [0.1, 0.15) is 34.3 Å². The highest BCUT2D eigenvalue weighted by atomic mass is 79.9. The van der Waals surface area contributed by atoms with Crippen molar-refractivity contribution in [3.05, 3.63) is 282 Å². The lowest BCUT2D eigenvalue weighted by Gasteiger charge is -2.40. The summed E-state index contributed by atoms with van der Waals surface area (Å²) in [5, 5.41) is 87.9. The average Bonchev–Trinajstić information content (AvgIpc) is 1.51. The zero-order chi connectivity index (χ0) is 71.6. The second-order valence-corrected chi connectivity index (χ2v) is 27.1. The number of nitrogens with zero attached hydrogens (tertiary/aromatic N) is 8. The number of carbonyl (C=O) groups excluding carboxylic acids is 3. The summed E-state index contributed by atoms with van der Waals surface area (Å²) in [5.41, 5.74) is -5.85. The lowest BCUT2D eigenvalue weighted by Crippen LogP contribution is -2.50. The van der Waals surface area contributed by atoms with E-state index in [1.54, 1.807) is 54.6 Å². The Morgan fingerprint density at radius 1 is 0.426 bits per heavy atom. The van der Waals surface area contributed by atoms with Crippen molar-refractivity contribution in [3.63, 3.8) is 0 Å². The summed E-state index contributed by atoms with van der Waals surface area (Å²) in [6, 6.07) is 63.1. The number of aliphatic hydroxyl groups is 3. The molecule has 15 atom stereocenters. The fourth-order valence-corrected chi connectivity index (χ4v) is 17.2. The number of rotatable bonds is 9. The molecule has 6 heterocycles. The lowest BCUT2D eigenvalue weighted by atomic mass is 9.71. The van der Waals surface area contributed by atoms with Crippen LogP contribution in [0, 0.1) is 92.2 Å². The molecule has 3 N–H and O–H groups in total. The predicted octanol–water partition coefficient (Wildman–Crippen LogP) is 12.3. The van der Waals surface area contributed by atoms with Gasteiger partial charge in [-0.15, -0.1) is 0 Å². The van der Waals surface area contributed by atoms with E-state index in [4.69, 9.17) is 63.2 Å². The van der Waals surface area contributed by atoms with Gasteiger partial charge in [-0.3, -0.25) is 29.3 Å². The van der Waals surface area contributed by atoms with Gasteiger partial charge >= 0.3 is 17.9 Å². The first kappa shape index (κ1) is 68.8. The van der Waals surface area contributed by atoms with Gasteiger partial charge in [0.15, 0.2) is 33.6 Å². The van der Waals surface area contributed by atoms with Crippen LogP contribution in [0.2, 0.25) is 15.1 Å². The highest BCUT2D eigenvalue weighted by molar-refractivity contribution is 9.10. The Labute approximate surface area is 601 Å². The van der Waals surface area contributed by atoms with E-state index < -0.39 is 105 Å². The summed E-state index contributed by atoms with van der Waals surface area (Å²) in [4.78, 5) is 52.6. The normalized spacial score (nSPS) is 28.9. The van der Waals surface area contributed by atoms with Crippen LogP contribution in [0.1, 0.15) is 79.3 Å². The van der Waals surface area contributed by atoms with Gasteiger partial charge in [0.25, 0.3) is 0 Å². The number of esters is 3. The van der Waals surface area contributed by atoms with E-state index >= 15 is 0 Å². The third kappa shape index (κ3) is 10.0. The molecule has 101 heavy (non-hydrogen) atoms. The highest BCUT2D eigenvalue weighted by Crippen LogP contribution is 2.74. The van der Waals surface area contributed by atoms with Gasteiger partial charge in [-0.05, 0) is 69.8 Å². The van der Waals surface area contributed by atoms with E-state index in [-0.39, 0.29) is 34.3 Å². The number of pyridine rings is 3. The molecule has 0 radical (unpaired) electrons. The number of aromatic nitrogens is 3. The second kappa shape index (κ2) is 26.4. The van der Waals surface area contributed by atoms with Crippen LogP contribution >= 0.6 is 50.7 Å². The number of benzene rings is 6. The average molecular weight is 1470 g/mol. The Kier molecular flexibility index (Phi) is 18.0. The summed E-state index contributed by atoms with van der Waals surface area (Å²) in [5.74, 6) is -10.4. The van der Waals surface area contributed by atoms with Crippen molar-refractivity contribution in [2.45, 2.75) is 51.4 Å². The van der Waals surface area contributed by atoms with Crippen molar-refractivity contribution in [1.29, 1.82) is 26.3 Å². The first-order chi connectivity index (χ1) is 48.7. The number of carbonyl (C=O) groups is 3.